The van der Waals surface area contributed by atoms with E-state index < -0.39 is 0 Å². The molecule has 0 N–H and O–H groups in total. The van der Waals surface area contributed by atoms with Gasteiger partial charge in [0.2, 0.25) is 0 Å². The number of hydrogen-bond acceptors (Lipinski definition) is 1. The van der Waals surface area contributed by atoms with Gasteiger partial charge in [-0.05, 0) is 64.8 Å². The van der Waals surface area contributed by atoms with E-state index in [1.165, 1.54) is 33.0 Å². The Morgan fingerprint density at radius 3 is 2.29 bits per heavy atom. The molecule has 4 aromatic rings. The van der Waals surface area contributed by atoms with Crippen molar-refractivity contribution < 1.29 is 4.79 Å². The first-order chi connectivity index (χ1) is 13.7. The third kappa shape index (κ3) is 2.66. The first kappa shape index (κ1) is 16.9. The highest BCUT2D eigenvalue weighted by molar-refractivity contribution is 6.20. The largest absolute Gasteiger partial charge is 0.289 e. The van der Waals surface area contributed by atoms with Crippen LogP contribution in [0.3, 0.4) is 0 Å². The number of fused-ring (bicyclic) bond motifs is 3. The number of hydrogen-bond donors (Lipinski definition) is 0. The van der Waals surface area contributed by atoms with Gasteiger partial charge in [0.25, 0.3) is 0 Å². The summed E-state index contributed by atoms with van der Waals surface area (Å²) < 4.78 is 0. The molecular formula is C27H22O. The van der Waals surface area contributed by atoms with E-state index in [2.05, 4.69) is 49.4 Å². The Morgan fingerprint density at radius 2 is 1.54 bits per heavy atom. The lowest BCUT2D eigenvalue weighted by molar-refractivity contribution is 0.103. The van der Waals surface area contributed by atoms with E-state index in [-0.39, 0.29) is 5.78 Å². The maximum Gasteiger partial charge on any atom is 0.193 e. The number of ketones is 1. The van der Waals surface area contributed by atoms with Gasteiger partial charge in [0.1, 0.15) is 0 Å². The Morgan fingerprint density at radius 1 is 0.821 bits per heavy atom. The zero-order chi connectivity index (χ0) is 19.1. The molecule has 0 aromatic heterocycles. The van der Waals surface area contributed by atoms with Crippen molar-refractivity contribution in [3.8, 4) is 11.1 Å². The molecule has 0 saturated heterocycles. The summed E-state index contributed by atoms with van der Waals surface area (Å²) in [5, 5.41) is 2.36. The van der Waals surface area contributed by atoms with Crippen molar-refractivity contribution in [1.29, 1.82) is 0 Å². The lowest BCUT2D eigenvalue weighted by atomic mass is 9.85. The van der Waals surface area contributed by atoms with E-state index in [9.17, 15) is 4.79 Å². The lowest BCUT2D eigenvalue weighted by Crippen LogP contribution is -2.07. The Labute approximate surface area is 165 Å². The van der Waals surface area contributed by atoms with Crippen molar-refractivity contribution in [2.24, 2.45) is 0 Å². The molecule has 28 heavy (non-hydrogen) atoms. The molecule has 1 aliphatic rings. The summed E-state index contributed by atoms with van der Waals surface area (Å²) in [6, 6.07) is 26.9. The summed E-state index contributed by atoms with van der Waals surface area (Å²) in [4.78, 5) is 13.5. The van der Waals surface area contributed by atoms with Crippen molar-refractivity contribution in [2.75, 3.05) is 0 Å². The van der Waals surface area contributed by atoms with Gasteiger partial charge in [0.15, 0.2) is 5.78 Å². The standard InChI is InChI=1S/C27H22O/c1-18-15-16-23-24(19-9-4-2-5-10-19)17-21-13-8-14-22(21)26(23)25(18)27(28)20-11-6-3-7-12-20/h2-7,9-12,15-17H,8,13-14H2,1H3. The number of aryl methyl sites for hydroxylation is 3. The zero-order valence-corrected chi connectivity index (χ0v) is 16.0. The number of carbonyl (C=O) groups is 1. The average Bonchev–Trinajstić information content (AvgIpc) is 3.22. The quantitative estimate of drug-likeness (QED) is 0.378. The van der Waals surface area contributed by atoms with E-state index in [0.29, 0.717) is 0 Å². The first-order valence-electron chi connectivity index (χ1n) is 9.97. The van der Waals surface area contributed by atoms with Crippen LogP contribution in [-0.4, -0.2) is 5.78 Å². The molecule has 1 aliphatic carbocycles. The third-order valence-corrected chi connectivity index (χ3v) is 5.93. The van der Waals surface area contributed by atoms with Crippen molar-refractivity contribution in [1.82, 2.24) is 0 Å². The van der Waals surface area contributed by atoms with Crippen molar-refractivity contribution >= 4 is 16.6 Å². The number of rotatable bonds is 3. The minimum atomic E-state index is 0.128. The topological polar surface area (TPSA) is 17.1 Å². The highest BCUT2D eigenvalue weighted by atomic mass is 16.1. The third-order valence-electron chi connectivity index (χ3n) is 5.93. The molecule has 0 heterocycles. The molecule has 0 bridgehead atoms. The fourth-order valence-corrected chi connectivity index (χ4v) is 4.59. The SMILES string of the molecule is Cc1ccc2c(-c3ccccc3)cc3c(c2c1C(=O)c1ccccc1)CCC3. The van der Waals surface area contributed by atoms with Crippen LogP contribution in [0.4, 0.5) is 0 Å². The molecule has 0 spiro atoms. The summed E-state index contributed by atoms with van der Waals surface area (Å²) in [5.41, 5.74) is 7.91. The Bertz CT molecular complexity index is 1190. The molecule has 4 aromatic carbocycles. The zero-order valence-electron chi connectivity index (χ0n) is 16.0. The lowest BCUT2D eigenvalue weighted by Gasteiger charge is -2.17. The van der Waals surface area contributed by atoms with Crippen LogP contribution in [0.25, 0.3) is 21.9 Å². The van der Waals surface area contributed by atoms with Gasteiger partial charge >= 0.3 is 0 Å². The Balaban J connectivity index is 1.86. The van der Waals surface area contributed by atoms with Crippen LogP contribution >= 0.6 is 0 Å². The van der Waals surface area contributed by atoms with E-state index in [4.69, 9.17) is 0 Å². The summed E-state index contributed by atoms with van der Waals surface area (Å²) in [7, 11) is 0. The van der Waals surface area contributed by atoms with Gasteiger partial charge in [-0.2, -0.15) is 0 Å². The highest BCUT2D eigenvalue weighted by Gasteiger charge is 2.23. The summed E-state index contributed by atoms with van der Waals surface area (Å²) in [6.45, 7) is 2.06. The molecule has 1 heteroatoms. The fraction of sp³-hybridized carbons (Fsp3) is 0.148. The Hall–Kier alpha value is -3.19. The van der Waals surface area contributed by atoms with E-state index in [1.807, 2.05) is 36.4 Å². The predicted octanol–water partition coefficient (Wildman–Crippen LogP) is 6.53. The molecule has 0 atom stereocenters. The fourth-order valence-electron chi connectivity index (χ4n) is 4.59. The summed E-state index contributed by atoms with van der Waals surface area (Å²) in [5.74, 6) is 0.128. The number of benzene rings is 4. The predicted molar refractivity (Wildman–Crippen MR) is 116 cm³/mol. The van der Waals surface area contributed by atoms with Crippen molar-refractivity contribution in [2.45, 2.75) is 26.2 Å². The molecule has 0 unspecified atom stereocenters. The van der Waals surface area contributed by atoms with Crippen LogP contribution in [0, 0.1) is 6.92 Å². The van der Waals surface area contributed by atoms with Gasteiger partial charge in [0, 0.05) is 11.1 Å². The van der Waals surface area contributed by atoms with Gasteiger partial charge in [-0.25, -0.2) is 0 Å². The molecule has 0 aliphatic heterocycles. The highest BCUT2D eigenvalue weighted by Crippen LogP contribution is 2.40. The molecule has 136 valence electrons. The minimum absolute atomic E-state index is 0.128. The second-order valence-electron chi connectivity index (χ2n) is 7.66. The van der Waals surface area contributed by atoms with Crippen LogP contribution in [0.5, 0.6) is 0 Å². The van der Waals surface area contributed by atoms with E-state index in [1.54, 1.807) is 0 Å². The van der Waals surface area contributed by atoms with Crippen LogP contribution in [0.1, 0.15) is 39.0 Å². The van der Waals surface area contributed by atoms with Gasteiger partial charge in [-0.1, -0.05) is 78.9 Å². The first-order valence-corrected chi connectivity index (χ1v) is 9.97. The smallest absolute Gasteiger partial charge is 0.193 e. The molecule has 0 fully saturated rings. The van der Waals surface area contributed by atoms with Gasteiger partial charge in [0.05, 0.1) is 0 Å². The second-order valence-corrected chi connectivity index (χ2v) is 7.66. The molecule has 5 rings (SSSR count). The normalized spacial score (nSPS) is 12.9. The monoisotopic (exact) mass is 362 g/mol. The Kier molecular flexibility index (Phi) is 4.09. The minimum Gasteiger partial charge on any atom is -0.289 e. The molecular weight excluding hydrogens is 340 g/mol. The van der Waals surface area contributed by atoms with Crippen LogP contribution in [0.2, 0.25) is 0 Å². The van der Waals surface area contributed by atoms with Crippen LogP contribution < -0.4 is 0 Å². The molecule has 0 saturated carbocycles. The van der Waals surface area contributed by atoms with Gasteiger partial charge in [-0.15, -0.1) is 0 Å². The molecule has 0 amide bonds. The van der Waals surface area contributed by atoms with Crippen LogP contribution in [-0.2, 0) is 12.8 Å². The average molecular weight is 362 g/mol. The molecule has 1 nitrogen and oxygen atoms in total. The summed E-state index contributed by atoms with van der Waals surface area (Å²) >= 11 is 0. The van der Waals surface area contributed by atoms with Gasteiger partial charge in [-0.3, -0.25) is 4.79 Å². The van der Waals surface area contributed by atoms with Crippen molar-refractivity contribution in [3.05, 3.63) is 107 Å². The van der Waals surface area contributed by atoms with Gasteiger partial charge < -0.3 is 0 Å². The van der Waals surface area contributed by atoms with Crippen molar-refractivity contribution in [3.63, 3.8) is 0 Å². The van der Waals surface area contributed by atoms with E-state index >= 15 is 0 Å². The second kappa shape index (κ2) is 6.76. The van der Waals surface area contributed by atoms with Crippen LogP contribution in [0.15, 0.2) is 78.9 Å². The maximum absolute atomic E-state index is 13.5. The molecule has 0 radical (unpaired) electrons. The maximum atomic E-state index is 13.5. The summed E-state index contributed by atoms with van der Waals surface area (Å²) in [6.07, 6.45) is 3.31. The number of carbonyl (C=O) groups excluding carboxylic acids is 1. The van der Waals surface area contributed by atoms with E-state index in [0.717, 1.165) is 36.0 Å².